The molecular formula is C12H19ClN4O. The topological polar surface area (TPSA) is 50.2 Å². The van der Waals surface area contributed by atoms with Crippen molar-refractivity contribution in [2.24, 2.45) is 13.0 Å². The molecule has 100 valence electrons. The molecule has 0 bridgehead atoms. The molecule has 6 heteroatoms. The first-order valence-electron chi connectivity index (χ1n) is 6.14. The molecule has 0 radical (unpaired) electrons. The molecule has 2 atom stereocenters. The Morgan fingerprint density at radius 2 is 2.17 bits per heavy atom. The van der Waals surface area contributed by atoms with Crippen molar-refractivity contribution in [3.05, 3.63) is 21.6 Å². The number of nitrogens with one attached hydrogen (secondary N) is 1. The largest absolute Gasteiger partial charge is 0.378 e. The number of aryl methyl sites for hydroxylation is 1. The summed E-state index contributed by atoms with van der Waals surface area (Å²) < 4.78 is 1.24. The maximum Gasteiger partial charge on any atom is 0.287 e. The Kier molecular flexibility index (Phi) is 3.92. The van der Waals surface area contributed by atoms with Gasteiger partial charge in [0.25, 0.3) is 5.56 Å². The molecule has 1 aliphatic rings. The van der Waals surface area contributed by atoms with E-state index in [9.17, 15) is 4.79 Å². The Morgan fingerprint density at radius 3 is 2.83 bits per heavy atom. The Labute approximate surface area is 112 Å². The van der Waals surface area contributed by atoms with Crippen LogP contribution in [0.15, 0.2) is 11.0 Å². The molecule has 1 unspecified atom stereocenters. The predicted octanol–water partition coefficient (Wildman–Crippen LogP) is 1.19. The molecule has 1 saturated heterocycles. The first-order valence-corrected chi connectivity index (χ1v) is 6.52. The Balaban J connectivity index is 2.14. The molecule has 0 saturated carbocycles. The van der Waals surface area contributed by atoms with Gasteiger partial charge in [-0.25, -0.2) is 4.68 Å². The van der Waals surface area contributed by atoms with Gasteiger partial charge in [-0.1, -0.05) is 18.5 Å². The molecule has 1 aromatic rings. The zero-order valence-corrected chi connectivity index (χ0v) is 11.7. The summed E-state index contributed by atoms with van der Waals surface area (Å²) in [5.74, 6) is 0.638. The van der Waals surface area contributed by atoms with Crippen LogP contribution in [0.1, 0.15) is 13.3 Å². The molecule has 0 aromatic carbocycles. The van der Waals surface area contributed by atoms with Gasteiger partial charge in [0, 0.05) is 26.2 Å². The number of hydrogen-bond donors (Lipinski definition) is 1. The number of halogens is 1. The number of anilines is 1. The SMILES string of the molecule is CC1C[C@@H](Nc2cnn(C)c(=O)c2Cl)CN(C)C1. The van der Waals surface area contributed by atoms with Crippen molar-refractivity contribution >= 4 is 17.3 Å². The first kappa shape index (κ1) is 13.4. The van der Waals surface area contributed by atoms with Gasteiger partial charge in [-0.3, -0.25) is 4.79 Å². The number of rotatable bonds is 2. The minimum absolute atomic E-state index is 0.216. The van der Waals surface area contributed by atoms with E-state index in [1.54, 1.807) is 13.2 Å². The number of aromatic nitrogens is 2. The third-order valence-corrected chi connectivity index (χ3v) is 3.65. The second kappa shape index (κ2) is 5.28. The lowest BCUT2D eigenvalue weighted by Crippen LogP contribution is -2.43. The maximum atomic E-state index is 11.7. The third kappa shape index (κ3) is 2.84. The molecule has 0 spiro atoms. The van der Waals surface area contributed by atoms with Crippen LogP contribution in [0.3, 0.4) is 0 Å². The standard InChI is InChI=1S/C12H19ClN4O/c1-8-4-9(7-16(2)6-8)15-10-5-14-17(3)12(18)11(10)13/h5,8-9,15H,4,6-7H2,1-3H3/t8?,9-/m1/s1. The van der Waals surface area contributed by atoms with E-state index in [0.29, 0.717) is 17.6 Å². The van der Waals surface area contributed by atoms with E-state index in [1.165, 1.54) is 4.68 Å². The molecule has 1 aliphatic heterocycles. The van der Waals surface area contributed by atoms with Crippen molar-refractivity contribution < 1.29 is 0 Å². The minimum Gasteiger partial charge on any atom is -0.378 e. The number of piperidine rings is 1. The average Bonchev–Trinajstić information content (AvgIpc) is 2.29. The maximum absolute atomic E-state index is 11.7. The second-order valence-corrected chi connectivity index (χ2v) is 5.58. The summed E-state index contributed by atoms with van der Waals surface area (Å²) in [6, 6.07) is 0.310. The van der Waals surface area contributed by atoms with E-state index in [0.717, 1.165) is 19.5 Å². The van der Waals surface area contributed by atoms with E-state index < -0.39 is 0 Å². The summed E-state index contributed by atoms with van der Waals surface area (Å²) in [4.78, 5) is 14.0. The van der Waals surface area contributed by atoms with Gasteiger partial charge in [0.2, 0.25) is 0 Å². The first-order chi connectivity index (χ1) is 8.47. The van der Waals surface area contributed by atoms with Gasteiger partial charge in [-0.2, -0.15) is 5.10 Å². The lowest BCUT2D eigenvalue weighted by atomic mass is 9.96. The third-order valence-electron chi connectivity index (χ3n) is 3.28. The number of likely N-dealkylation sites (N-methyl/N-ethyl adjacent to an activating group) is 1. The fourth-order valence-corrected chi connectivity index (χ4v) is 2.78. The van der Waals surface area contributed by atoms with E-state index in [1.807, 2.05) is 0 Å². The van der Waals surface area contributed by atoms with E-state index in [4.69, 9.17) is 11.6 Å². The summed E-state index contributed by atoms with van der Waals surface area (Å²) in [5, 5.41) is 7.53. The van der Waals surface area contributed by atoms with Crippen molar-refractivity contribution in [2.45, 2.75) is 19.4 Å². The highest BCUT2D eigenvalue weighted by Gasteiger charge is 2.23. The molecule has 18 heavy (non-hydrogen) atoms. The molecule has 0 aliphatic carbocycles. The summed E-state index contributed by atoms with van der Waals surface area (Å²) >= 11 is 6.04. The van der Waals surface area contributed by atoms with Crippen molar-refractivity contribution in [1.29, 1.82) is 0 Å². The van der Waals surface area contributed by atoms with Crippen molar-refractivity contribution in [3.63, 3.8) is 0 Å². The molecule has 1 aromatic heterocycles. The van der Waals surface area contributed by atoms with Crippen molar-refractivity contribution in [2.75, 3.05) is 25.5 Å². The van der Waals surface area contributed by atoms with Crippen molar-refractivity contribution in [3.8, 4) is 0 Å². The van der Waals surface area contributed by atoms with Gasteiger partial charge in [0.05, 0.1) is 11.9 Å². The monoisotopic (exact) mass is 270 g/mol. The van der Waals surface area contributed by atoms with E-state index >= 15 is 0 Å². The predicted molar refractivity (Wildman–Crippen MR) is 73.2 cm³/mol. The molecule has 0 amide bonds. The molecular weight excluding hydrogens is 252 g/mol. The molecule has 2 rings (SSSR count). The Morgan fingerprint density at radius 1 is 1.44 bits per heavy atom. The van der Waals surface area contributed by atoms with Gasteiger partial charge in [0.1, 0.15) is 5.02 Å². The van der Waals surface area contributed by atoms with Crippen LogP contribution in [0.2, 0.25) is 5.02 Å². The second-order valence-electron chi connectivity index (χ2n) is 5.20. The lowest BCUT2D eigenvalue weighted by Gasteiger charge is -2.34. The van der Waals surface area contributed by atoms with Crippen LogP contribution in [0.5, 0.6) is 0 Å². The fourth-order valence-electron chi connectivity index (χ4n) is 2.55. The highest BCUT2D eigenvalue weighted by Crippen LogP contribution is 2.21. The van der Waals surface area contributed by atoms with Crippen LogP contribution in [-0.2, 0) is 7.05 Å². The fraction of sp³-hybridized carbons (Fsp3) is 0.667. The van der Waals surface area contributed by atoms with Crippen molar-refractivity contribution in [1.82, 2.24) is 14.7 Å². The summed E-state index contributed by atoms with van der Waals surface area (Å²) in [6.45, 7) is 4.30. The van der Waals surface area contributed by atoms with Gasteiger partial charge < -0.3 is 10.2 Å². The highest BCUT2D eigenvalue weighted by atomic mass is 35.5. The molecule has 1 fully saturated rings. The average molecular weight is 271 g/mol. The van der Waals surface area contributed by atoms with Crippen LogP contribution in [0.25, 0.3) is 0 Å². The molecule has 1 N–H and O–H groups in total. The normalized spacial score (nSPS) is 25.1. The smallest absolute Gasteiger partial charge is 0.287 e. The van der Waals surface area contributed by atoms with Gasteiger partial charge in [-0.05, 0) is 19.4 Å². The number of hydrogen-bond acceptors (Lipinski definition) is 4. The van der Waals surface area contributed by atoms with Crippen LogP contribution in [0.4, 0.5) is 5.69 Å². The van der Waals surface area contributed by atoms with Crippen LogP contribution in [0, 0.1) is 5.92 Å². The summed E-state index contributed by atoms with van der Waals surface area (Å²) in [7, 11) is 3.70. The van der Waals surface area contributed by atoms with E-state index in [-0.39, 0.29) is 10.6 Å². The number of likely N-dealkylation sites (tertiary alicyclic amines) is 1. The molecule has 5 nitrogen and oxygen atoms in total. The van der Waals surface area contributed by atoms with Gasteiger partial charge >= 0.3 is 0 Å². The van der Waals surface area contributed by atoms with Crippen LogP contribution >= 0.6 is 11.6 Å². The van der Waals surface area contributed by atoms with Gasteiger partial charge in [0.15, 0.2) is 0 Å². The summed E-state index contributed by atoms with van der Waals surface area (Å²) in [6.07, 6.45) is 2.69. The highest BCUT2D eigenvalue weighted by molar-refractivity contribution is 6.32. The molecule has 2 heterocycles. The Bertz CT molecular complexity index is 477. The summed E-state index contributed by atoms with van der Waals surface area (Å²) in [5.41, 5.74) is 0.367. The van der Waals surface area contributed by atoms with Gasteiger partial charge in [-0.15, -0.1) is 0 Å². The Hall–Kier alpha value is -1.07. The van der Waals surface area contributed by atoms with E-state index in [2.05, 4.69) is 29.3 Å². The minimum atomic E-state index is -0.265. The quantitative estimate of drug-likeness (QED) is 0.877. The zero-order chi connectivity index (χ0) is 13.3. The lowest BCUT2D eigenvalue weighted by molar-refractivity contribution is 0.207. The van der Waals surface area contributed by atoms with Crippen LogP contribution < -0.4 is 10.9 Å². The number of nitrogens with zero attached hydrogens (tertiary/aromatic N) is 3. The van der Waals surface area contributed by atoms with Crippen LogP contribution in [-0.4, -0.2) is 40.9 Å². The zero-order valence-electron chi connectivity index (χ0n) is 11.0.